The van der Waals surface area contributed by atoms with Gasteiger partial charge in [0, 0.05) is 29.9 Å². The minimum Gasteiger partial charge on any atom is -0.388 e. The van der Waals surface area contributed by atoms with Crippen LogP contribution in [0.5, 0.6) is 0 Å². The summed E-state index contributed by atoms with van der Waals surface area (Å²) in [6.45, 7) is 0. The van der Waals surface area contributed by atoms with Crippen molar-refractivity contribution in [3.05, 3.63) is 54.6 Å². The summed E-state index contributed by atoms with van der Waals surface area (Å²) in [6.07, 6.45) is 1.21. The molecule has 0 saturated heterocycles. The summed E-state index contributed by atoms with van der Waals surface area (Å²) in [6, 6.07) is 16.6. The number of rotatable bonds is 3. The highest BCUT2D eigenvalue weighted by atomic mass is 32.2. The Bertz CT molecular complexity index is 950. The Balaban J connectivity index is 2.33. The average Bonchev–Trinajstić information content (AvgIpc) is 2.53. The number of benzene rings is 2. The van der Waals surface area contributed by atoms with E-state index in [2.05, 4.69) is 10.3 Å². The summed E-state index contributed by atoms with van der Waals surface area (Å²) < 4.78 is 24.0. The van der Waals surface area contributed by atoms with Gasteiger partial charge in [-0.2, -0.15) is 0 Å². The van der Waals surface area contributed by atoms with Crippen LogP contribution in [-0.2, 0) is 9.84 Å². The molecule has 0 aliphatic carbocycles. The van der Waals surface area contributed by atoms with Gasteiger partial charge in [0.2, 0.25) is 0 Å². The lowest BCUT2D eigenvalue weighted by molar-refractivity contribution is 0.602. The molecule has 22 heavy (non-hydrogen) atoms. The third kappa shape index (κ3) is 2.55. The fourth-order valence-corrected chi connectivity index (χ4v) is 3.42. The molecular formula is C17H16N2O2S. The van der Waals surface area contributed by atoms with Gasteiger partial charge in [0.05, 0.1) is 16.1 Å². The number of nitrogens with zero attached hydrogens (tertiary/aromatic N) is 1. The van der Waals surface area contributed by atoms with Crippen molar-refractivity contribution >= 4 is 26.4 Å². The Morgan fingerprint density at radius 3 is 2.41 bits per heavy atom. The number of hydrogen-bond acceptors (Lipinski definition) is 4. The highest BCUT2D eigenvalue weighted by molar-refractivity contribution is 7.90. The fourth-order valence-electron chi connectivity index (χ4n) is 2.52. The van der Waals surface area contributed by atoms with Crippen LogP contribution in [0.15, 0.2) is 59.5 Å². The zero-order valence-corrected chi connectivity index (χ0v) is 13.2. The monoisotopic (exact) mass is 312 g/mol. The van der Waals surface area contributed by atoms with E-state index in [4.69, 9.17) is 0 Å². The molecule has 5 heteroatoms. The van der Waals surface area contributed by atoms with Gasteiger partial charge in [0.15, 0.2) is 9.84 Å². The maximum absolute atomic E-state index is 12.0. The Labute approximate surface area is 129 Å². The van der Waals surface area contributed by atoms with Crippen LogP contribution in [0, 0.1) is 0 Å². The molecule has 0 amide bonds. The molecule has 0 atom stereocenters. The van der Waals surface area contributed by atoms with E-state index >= 15 is 0 Å². The lowest BCUT2D eigenvalue weighted by Gasteiger charge is -2.11. The van der Waals surface area contributed by atoms with Gasteiger partial charge in [-0.1, -0.05) is 36.4 Å². The molecule has 2 aromatic carbocycles. The summed E-state index contributed by atoms with van der Waals surface area (Å²) in [5.74, 6) is 0. The topological polar surface area (TPSA) is 59.1 Å². The number of nitrogens with one attached hydrogen (secondary N) is 1. The van der Waals surface area contributed by atoms with Gasteiger partial charge in [-0.05, 0) is 18.2 Å². The zero-order chi connectivity index (χ0) is 15.7. The van der Waals surface area contributed by atoms with E-state index in [9.17, 15) is 8.42 Å². The molecule has 0 radical (unpaired) electrons. The second kappa shape index (κ2) is 5.42. The quantitative estimate of drug-likeness (QED) is 0.806. The Morgan fingerprint density at radius 2 is 1.68 bits per heavy atom. The van der Waals surface area contributed by atoms with Gasteiger partial charge in [-0.15, -0.1) is 0 Å². The predicted octanol–water partition coefficient (Wildman–Crippen LogP) is 3.35. The summed E-state index contributed by atoms with van der Waals surface area (Å²) >= 11 is 0. The number of pyridine rings is 1. The normalized spacial score (nSPS) is 11.5. The minimum absolute atomic E-state index is 0.292. The molecule has 0 spiro atoms. The maximum atomic E-state index is 12.0. The van der Waals surface area contributed by atoms with Gasteiger partial charge in [0.1, 0.15) is 0 Å². The highest BCUT2D eigenvalue weighted by Crippen LogP contribution is 2.31. The van der Waals surface area contributed by atoms with Crippen molar-refractivity contribution in [2.24, 2.45) is 0 Å². The van der Waals surface area contributed by atoms with E-state index in [0.717, 1.165) is 16.6 Å². The van der Waals surface area contributed by atoms with Crippen LogP contribution in [0.2, 0.25) is 0 Å². The summed E-state index contributed by atoms with van der Waals surface area (Å²) in [4.78, 5) is 4.92. The number of aromatic nitrogens is 1. The Kier molecular flexibility index (Phi) is 3.58. The van der Waals surface area contributed by atoms with Crippen LogP contribution < -0.4 is 5.32 Å². The molecule has 1 aromatic heterocycles. The molecule has 3 aromatic rings. The van der Waals surface area contributed by atoms with Crippen molar-refractivity contribution in [2.45, 2.75) is 4.90 Å². The molecule has 4 nitrogen and oxygen atoms in total. The van der Waals surface area contributed by atoms with Crippen LogP contribution >= 0.6 is 0 Å². The second-order valence-electron chi connectivity index (χ2n) is 5.09. The smallest absolute Gasteiger partial charge is 0.176 e. The minimum atomic E-state index is -3.31. The molecule has 112 valence electrons. The van der Waals surface area contributed by atoms with E-state index in [1.807, 2.05) is 43.4 Å². The molecule has 0 saturated carbocycles. The molecule has 1 N–H and O–H groups in total. The fraction of sp³-hybridized carbons (Fsp3) is 0.118. The van der Waals surface area contributed by atoms with E-state index in [0.29, 0.717) is 16.2 Å². The Hall–Kier alpha value is -2.40. The van der Waals surface area contributed by atoms with Gasteiger partial charge < -0.3 is 5.32 Å². The van der Waals surface area contributed by atoms with Gasteiger partial charge >= 0.3 is 0 Å². The maximum Gasteiger partial charge on any atom is 0.176 e. The SMILES string of the molecule is CNc1cc(-c2ccccc2S(C)(=O)=O)nc2ccccc12. The lowest BCUT2D eigenvalue weighted by atomic mass is 10.1. The van der Waals surface area contributed by atoms with E-state index in [1.165, 1.54) is 6.26 Å². The van der Waals surface area contributed by atoms with Crippen LogP contribution in [0.25, 0.3) is 22.2 Å². The van der Waals surface area contributed by atoms with E-state index in [-0.39, 0.29) is 0 Å². The average molecular weight is 312 g/mol. The van der Waals surface area contributed by atoms with Gasteiger partial charge in [-0.25, -0.2) is 13.4 Å². The van der Waals surface area contributed by atoms with Crippen molar-refractivity contribution in [3.63, 3.8) is 0 Å². The number of fused-ring (bicyclic) bond motifs is 1. The largest absolute Gasteiger partial charge is 0.388 e. The highest BCUT2D eigenvalue weighted by Gasteiger charge is 2.16. The van der Waals surface area contributed by atoms with Gasteiger partial charge in [-0.3, -0.25) is 0 Å². The summed E-state index contributed by atoms with van der Waals surface area (Å²) in [7, 11) is -1.47. The summed E-state index contributed by atoms with van der Waals surface area (Å²) in [5, 5.41) is 4.15. The third-order valence-electron chi connectivity index (χ3n) is 3.55. The molecule has 0 fully saturated rings. The number of sulfone groups is 1. The van der Waals surface area contributed by atoms with Gasteiger partial charge in [0.25, 0.3) is 0 Å². The molecule has 0 aliphatic rings. The molecule has 0 bridgehead atoms. The first-order valence-corrected chi connectivity index (χ1v) is 8.77. The first kappa shape index (κ1) is 14.5. The van der Waals surface area contributed by atoms with Crippen LogP contribution in [0.4, 0.5) is 5.69 Å². The summed E-state index contributed by atoms with van der Waals surface area (Å²) in [5.41, 5.74) is 3.01. The number of hydrogen-bond donors (Lipinski definition) is 1. The first-order chi connectivity index (χ1) is 10.5. The van der Waals surface area contributed by atoms with Crippen LogP contribution in [-0.4, -0.2) is 26.7 Å². The molecule has 1 heterocycles. The van der Waals surface area contributed by atoms with Crippen molar-refractivity contribution in [1.82, 2.24) is 4.98 Å². The zero-order valence-electron chi connectivity index (χ0n) is 12.4. The van der Waals surface area contributed by atoms with E-state index in [1.54, 1.807) is 18.2 Å². The van der Waals surface area contributed by atoms with Crippen LogP contribution in [0.3, 0.4) is 0 Å². The number of anilines is 1. The molecule has 3 rings (SSSR count). The number of para-hydroxylation sites is 1. The molecule has 0 aliphatic heterocycles. The first-order valence-electron chi connectivity index (χ1n) is 6.87. The molecule has 0 unspecified atom stereocenters. The van der Waals surface area contributed by atoms with Crippen LogP contribution in [0.1, 0.15) is 0 Å². The molecular weight excluding hydrogens is 296 g/mol. The van der Waals surface area contributed by atoms with Crippen molar-refractivity contribution in [3.8, 4) is 11.3 Å². The Morgan fingerprint density at radius 1 is 1.00 bits per heavy atom. The van der Waals surface area contributed by atoms with Crippen molar-refractivity contribution in [2.75, 3.05) is 18.6 Å². The standard InChI is InChI=1S/C17H16N2O2S/c1-18-15-11-16(19-14-9-5-3-7-12(14)15)13-8-4-6-10-17(13)22(2,20)21/h3-11H,1-2H3,(H,18,19). The second-order valence-corrected chi connectivity index (χ2v) is 7.07. The lowest BCUT2D eigenvalue weighted by Crippen LogP contribution is -2.01. The van der Waals surface area contributed by atoms with Crippen molar-refractivity contribution < 1.29 is 8.42 Å². The van der Waals surface area contributed by atoms with Crippen molar-refractivity contribution in [1.29, 1.82) is 0 Å². The van der Waals surface area contributed by atoms with E-state index < -0.39 is 9.84 Å². The predicted molar refractivity (Wildman–Crippen MR) is 89.8 cm³/mol. The third-order valence-corrected chi connectivity index (χ3v) is 4.70.